The zero-order chi connectivity index (χ0) is 18.4. The maximum absolute atomic E-state index is 12.6. The highest BCUT2D eigenvalue weighted by Gasteiger charge is 2.25. The average Bonchev–Trinajstić information content (AvgIpc) is 2.69. The van der Waals surface area contributed by atoms with Gasteiger partial charge in [0.1, 0.15) is 5.75 Å². The Morgan fingerprint density at radius 1 is 1.08 bits per heavy atom. The summed E-state index contributed by atoms with van der Waals surface area (Å²) in [4.78, 5) is 17.3. The van der Waals surface area contributed by atoms with Crippen molar-refractivity contribution >= 4 is 11.6 Å². The van der Waals surface area contributed by atoms with Crippen molar-refractivity contribution in [2.24, 2.45) is 0 Å². The normalized spacial score (nSPS) is 16.8. The molecule has 0 saturated carbocycles. The highest BCUT2D eigenvalue weighted by Crippen LogP contribution is 2.18. The molecule has 26 heavy (non-hydrogen) atoms. The van der Waals surface area contributed by atoms with Crippen LogP contribution in [0.2, 0.25) is 0 Å². The molecule has 0 radical (unpaired) electrons. The van der Waals surface area contributed by atoms with Crippen LogP contribution in [0.4, 0.5) is 5.69 Å². The van der Waals surface area contributed by atoms with Gasteiger partial charge in [-0.05, 0) is 24.6 Å². The molecule has 0 spiro atoms. The quantitative estimate of drug-likeness (QED) is 0.867. The van der Waals surface area contributed by atoms with Crippen LogP contribution in [-0.4, -0.2) is 55.0 Å². The molecule has 1 atom stereocenters. The SMILES string of the molecule is COc1cccc(NC(=O)[C@@H](C)N2CCN(Cc3ccccc3)CC2)c1. The molecule has 0 aromatic heterocycles. The Morgan fingerprint density at radius 2 is 1.81 bits per heavy atom. The summed E-state index contributed by atoms with van der Waals surface area (Å²) in [7, 11) is 1.62. The Bertz CT molecular complexity index is 712. The van der Waals surface area contributed by atoms with E-state index >= 15 is 0 Å². The van der Waals surface area contributed by atoms with Gasteiger partial charge in [-0.1, -0.05) is 36.4 Å². The van der Waals surface area contributed by atoms with E-state index in [4.69, 9.17) is 4.74 Å². The number of methoxy groups -OCH3 is 1. The molecule has 5 heteroatoms. The molecule has 0 unspecified atom stereocenters. The molecule has 0 aliphatic carbocycles. The van der Waals surface area contributed by atoms with E-state index in [1.807, 2.05) is 37.3 Å². The number of piperazine rings is 1. The third-order valence-electron chi connectivity index (χ3n) is 4.92. The molecule has 1 saturated heterocycles. The van der Waals surface area contributed by atoms with Crippen LogP contribution in [0.3, 0.4) is 0 Å². The number of nitrogens with one attached hydrogen (secondary N) is 1. The van der Waals surface area contributed by atoms with Crippen LogP contribution < -0.4 is 10.1 Å². The summed E-state index contributed by atoms with van der Waals surface area (Å²) in [6.07, 6.45) is 0. The first-order valence-corrected chi connectivity index (χ1v) is 9.11. The summed E-state index contributed by atoms with van der Waals surface area (Å²) >= 11 is 0. The second-order valence-corrected chi connectivity index (χ2v) is 6.69. The van der Waals surface area contributed by atoms with E-state index in [1.54, 1.807) is 7.11 Å². The molecule has 1 amide bonds. The average molecular weight is 353 g/mol. The molecule has 1 heterocycles. The molecule has 138 valence electrons. The van der Waals surface area contributed by atoms with Gasteiger partial charge in [-0.3, -0.25) is 14.6 Å². The van der Waals surface area contributed by atoms with E-state index in [1.165, 1.54) is 5.56 Å². The predicted octanol–water partition coefficient (Wildman–Crippen LogP) is 2.84. The lowest BCUT2D eigenvalue weighted by molar-refractivity contribution is -0.121. The van der Waals surface area contributed by atoms with Gasteiger partial charge >= 0.3 is 0 Å². The lowest BCUT2D eigenvalue weighted by Crippen LogP contribution is -2.52. The van der Waals surface area contributed by atoms with E-state index in [-0.39, 0.29) is 11.9 Å². The van der Waals surface area contributed by atoms with E-state index in [0.717, 1.165) is 44.2 Å². The number of carbonyl (C=O) groups is 1. The largest absolute Gasteiger partial charge is 0.497 e. The van der Waals surface area contributed by atoms with Crippen molar-refractivity contribution < 1.29 is 9.53 Å². The standard InChI is InChI=1S/C21H27N3O2/c1-17(21(25)22-19-9-6-10-20(15-19)26-2)24-13-11-23(12-14-24)16-18-7-4-3-5-8-18/h3-10,15,17H,11-14,16H2,1-2H3,(H,22,25)/t17-/m1/s1. The lowest BCUT2D eigenvalue weighted by Gasteiger charge is -2.37. The number of hydrogen-bond acceptors (Lipinski definition) is 4. The van der Waals surface area contributed by atoms with Crippen LogP contribution in [0.5, 0.6) is 5.75 Å². The molecule has 1 aliphatic heterocycles. The first-order valence-electron chi connectivity index (χ1n) is 9.11. The van der Waals surface area contributed by atoms with Gasteiger partial charge in [-0.15, -0.1) is 0 Å². The minimum absolute atomic E-state index is 0.0229. The van der Waals surface area contributed by atoms with Gasteiger partial charge < -0.3 is 10.1 Å². The van der Waals surface area contributed by atoms with Crippen molar-refractivity contribution in [1.82, 2.24) is 9.80 Å². The molecular formula is C21H27N3O2. The smallest absolute Gasteiger partial charge is 0.241 e. The van der Waals surface area contributed by atoms with Gasteiger partial charge in [0.25, 0.3) is 0 Å². The molecule has 0 bridgehead atoms. The van der Waals surface area contributed by atoms with Gasteiger partial charge in [0, 0.05) is 44.5 Å². The number of anilines is 1. The summed E-state index contributed by atoms with van der Waals surface area (Å²) in [5, 5.41) is 2.99. The third kappa shape index (κ3) is 4.84. The van der Waals surface area contributed by atoms with Crippen LogP contribution in [0, 0.1) is 0 Å². The second kappa shape index (κ2) is 8.83. The second-order valence-electron chi connectivity index (χ2n) is 6.69. The Kier molecular flexibility index (Phi) is 6.26. The topological polar surface area (TPSA) is 44.8 Å². The molecule has 1 aliphatic rings. The molecule has 2 aromatic carbocycles. The molecule has 1 N–H and O–H groups in total. The number of nitrogens with zero attached hydrogens (tertiary/aromatic N) is 2. The monoisotopic (exact) mass is 353 g/mol. The minimum Gasteiger partial charge on any atom is -0.497 e. The highest BCUT2D eigenvalue weighted by molar-refractivity contribution is 5.94. The summed E-state index contributed by atoms with van der Waals surface area (Å²) in [6.45, 7) is 6.71. The van der Waals surface area contributed by atoms with E-state index in [2.05, 4.69) is 39.4 Å². The highest BCUT2D eigenvalue weighted by atomic mass is 16.5. The maximum Gasteiger partial charge on any atom is 0.241 e. The third-order valence-corrected chi connectivity index (χ3v) is 4.92. The number of ether oxygens (including phenoxy) is 1. The molecule has 5 nitrogen and oxygen atoms in total. The van der Waals surface area contributed by atoms with Gasteiger partial charge in [0.2, 0.25) is 5.91 Å². The van der Waals surface area contributed by atoms with E-state index < -0.39 is 0 Å². The zero-order valence-corrected chi connectivity index (χ0v) is 15.5. The molecule has 1 fully saturated rings. The molecular weight excluding hydrogens is 326 g/mol. The number of amides is 1. The maximum atomic E-state index is 12.6. The zero-order valence-electron chi connectivity index (χ0n) is 15.5. The van der Waals surface area contributed by atoms with Gasteiger partial charge in [0.15, 0.2) is 0 Å². The van der Waals surface area contributed by atoms with Gasteiger partial charge in [0.05, 0.1) is 13.2 Å². The lowest BCUT2D eigenvalue weighted by atomic mass is 10.1. The molecule has 3 rings (SSSR count). The van der Waals surface area contributed by atoms with Crippen molar-refractivity contribution in [2.75, 3.05) is 38.6 Å². The Morgan fingerprint density at radius 3 is 2.50 bits per heavy atom. The van der Waals surface area contributed by atoms with Crippen LogP contribution >= 0.6 is 0 Å². The fourth-order valence-corrected chi connectivity index (χ4v) is 3.26. The van der Waals surface area contributed by atoms with Crippen molar-refractivity contribution in [3.8, 4) is 5.75 Å². The van der Waals surface area contributed by atoms with Gasteiger partial charge in [-0.2, -0.15) is 0 Å². The predicted molar refractivity (Wildman–Crippen MR) is 104 cm³/mol. The summed E-state index contributed by atoms with van der Waals surface area (Å²) in [6, 6.07) is 17.8. The number of hydrogen-bond donors (Lipinski definition) is 1. The Hall–Kier alpha value is -2.37. The van der Waals surface area contributed by atoms with Crippen molar-refractivity contribution in [3.05, 3.63) is 60.2 Å². The van der Waals surface area contributed by atoms with Crippen LogP contribution in [0.25, 0.3) is 0 Å². The summed E-state index contributed by atoms with van der Waals surface area (Å²) in [5.74, 6) is 0.764. The minimum atomic E-state index is -0.153. The molecule has 2 aromatic rings. The number of carbonyl (C=O) groups excluding carboxylic acids is 1. The first kappa shape index (κ1) is 18.4. The van der Waals surface area contributed by atoms with Crippen LogP contribution in [0.15, 0.2) is 54.6 Å². The first-order chi connectivity index (χ1) is 12.7. The van der Waals surface area contributed by atoms with E-state index in [9.17, 15) is 4.79 Å². The van der Waals surface area contributed by atoms with Crippen LogP contribution in [-0.2, 0) is 11.3 Å². The fraction of sp³-hybridized carbons (Fsp3) is 0.381. The number of benzene rings is 2. The Labute approximate surface area is 155 Å². The van der Waals surface area contributed by atoms with E-state index in [0.29, 0.717) is 0 Å². The summed E-state index contributed by atoms with van der Waals surface area (Å²) < 4.78 is 5.21. The van der Waals surface area contributed by atoms with Crippen molar-refractivity contribution in [1.29, 1.82) is 0 Å². The van der Waals surface area contributed by atoms with Crippen molar-refractivity contribution in [2.45, 2.75) is 19.5 Å². The number of rotatable bonds is 6. The van der Waals surface area contributed by atoms with Crippen molar-refractivity contribution in [3.63, 3.8) is 0 Å². The van der Waals surface area contributed by atoms with Gasteiger partial charge in [-0.25, -0.2) is 0 Å². The fourth-order valence-electron chi connectivity index (χ4n) is 3.26. The van der Waals surface area contributed by atoms with Crippen LogP contribution in [0.1, 0.15) is 12.5 Å². The Balaban J connectivity index is 1.49. The summed E-state index contributed by atoms with van der Waals surface area (Å²) in [5.41, 5.74) is 2.11.